The highest BCUT2D eigenvalue weighted by Gasteiger charge is 2.07. The Morgan fingerprint density at radius 3 is 1.20 bits per heavy atom. The van der Waals surface area contributed by atoms with Crippen LogP contribution in [0.25, 0.3) is 0 Å². The van der Waals surface area contributed by atoms with E-state index in [1.807, 2.05) is 0 Å². The summed E-state index contributed by atoms with van der Waals surface area (Å²) in [6, 6.07) is 0. The van der Waals surface area contributed by atoms with Crippen molar-refractivity contribution < 1.29 is 9.59 Å². The van der Waals surface area contributed by atoms with E-state index in [-0.39, 0.29) is 0 Å². The average Bonchev–Trinajstić information content (AvgIpc) is 0.722. The molecule has 0 aliphatic heterocycles. The molecule has 0 rings (SSSR count). The second-order valence-corrected chi connectivity index (χ2v) is 21.8. The third-order valence-electron chi connectivity index (χ3n) is 0. The number of hydrogen-bond donors (Lipinski definition) is 2. The van der Waals surface area contributed by atoms with Crippen LogP contribution in [0, 0.1) is 0 Å². The van der Waals surface area contributed by atoms with E-state index in [1.165, 1.54) is 0 Å². The summed E-state index contributed by atoms with van der Waals surface area (Å²) in [5.74, 6) is 0. The molecular formula is H8O2Si3. The van der Waals surface area contributed by atoms with Crippen LogP contribution < -0.4 is 0 Å². The van der Waals surface area contributed by atoms with Crippen molar-refractivity contribution in [3.8, 4) is 0 Å². The van der Waals surface area contributed by atoms with Crippen molar-refractivity contribution >= 4 is 27.1 Å². The maximum Gasteiger partial charge on any atom is 0.268 e. The van der Waals surface area contributed by atoms with E-state index in [0.29, 0.717) is 19.5 Å². The molecule has 0 fully saturated rings. The lowest BCUT2D eigenvalue weighted by atomic mass is 15.8. The lowest BCUT2D eigenvalue weighted by Crippen LogP contribution is -2.36. The minimum absolute atomic E-state index is 0.620. The highest BCUT2D eigenvalue weighted by Crippen LogP contribution is 1.64. The first kappa shape index (κ1) is 5.57. The van der Waals surface area contributed by atoms with Crippen LogP contribution >= 0.6 is 0 Å². The van der Waals surface area contributed by atoms with Crippen LogP contribution in [0.4, 0.5) is 0 Å². The van der Waals surface area contributed by atoms with Gasteiger partial charge in [-0.25, -0.2) is 0 Å². The molecule has 2 N–H and O–H groups in total. The molecule has 0 aromatic carbocycles. The van der Waals surface area contributed by atoms with Gasteiger partial charge in [0.25, 0.3) is 7.60 Å². The quantitative estimate of drug-likeness (QED) is 0.325. The Morgan fingerprint density at radius 1 is 1.20 bits per heavy atom. The van der Waals surface area contributed by atoms with Gasteiger partial charge in [-0.2, -0.15) is 0 Å². The van der Waals surface area contributed by atoms with Crippen molar-refractivity contribution in [1.82, 2.24) is 0 Å². The Labute approximate surface area is 37.5 Å². The summed E-state index contributed by atoms with van der Waals surface area (Å²) >= 11 is 0. The predicted octanol–water partition coefficient (Wildman–Crippen LogP) is -3.86. The highest BCUT2D eigenvalue weighted by molar-refractivity contribution is 7.33. The molecule has 0 amide bonds. The first-order valence-electron chi connectivity index (χ1n) is 1.45. The van der Waals surface area contributed by atoms with Crippen molar-refractivity contribution in [2.24, 2.45) is 0 Å². The Kier molecular flexibility index (Phi) is 1.50. The van der Waals surface area contributed by atoms with Crippen molar-refractivity contribution in [2.45, 2.75) is 0 Å². The number of rotatable bonds is 0. The molecule has 0 unspecified atom stereocenters. The van der Waals surface area contributed by atoms with E-state index in [4.69, 9.17) is 9.59 Å². The molecule has 0 heterocycles. The van der Waals surface area contributed by atoms with Gasteiger partial charge in [0, 0.05) is 0 Å². The minimum atomic E-state index is -2.33. The molecule has 5 heavy (non-hydrogen) atoms. The highest BCUT2D eigenvalue weighted by atomic mass is 29.6. The Morgan fingerprint density at radius 2 is 1.20 bits per heavy atom. The van der Waals surface area contributed by atoms with Gasteiger partial charge in [0.2, 0.25) is 0 Å². The fraction of sp³-hybridized carbons (Fsp3) is 0. The summed E-state index contributed by atoms with van der Waals surface area (Å²) in [6.07, 6.45) is 0. The third kappa shape index (κ3) is 92.8. The van der Waals surface area contributed by atoms with Crippen molar-refractivity contribution in [3.05, 3.63) is 0 Å². The van der Waals surface area contributed by atoms with E-state index in [9.17, 15) is 0 Å². The van der Waals surface area contributed by atoms with Crippen LogP contribution in [0.3, 0.4) is 0 Å². The largest absolute Gasteiger partial charge is 0.417 e. The maximum absolute atomic E-state index is 8.34. The molecule has 0 saturated carbocycles. The van der Waals surface area contributed by atoms with Crippen molar-refractivity contribution in [3.63, 3.8) is 0 Å². The van der Waals surface area contributed by atoms with Gasteiger partial charge < -0.3 is 9.59 Å². The summed E-state index contributed by atoms with van der Waals surface area (Å²) < 4.78 is 0. The second kappa shape index (κ2) is 1.35. The average molecular weight is 124 g/mol. The molecular weight excluding hydrogens is 116 g/mol. The van der Waals surface area contributed by atoms with Gasteiger partial charge in [-0.15, -0.1) is 0 Å². The molecule has 0 aliphatic rings. The van der Waals surface area contributed by atoms with Gasteiger partial charge in [0.15, 0.2) is 0 Å². The first-order chi connectivity index (χ1) is 2.00. The fourth-order valence-corrected chi connectivity index (χ4v) is 0. The molecule has 0 radical (unpaired) electrons. The molecule has 2 nitrogen and oxygen atoms in total. The SMILES string of the molecule is O[Si](O)([SiH3])[SiH3]. The lowest BCUT2D eigenvalue weighted by molar-refractivity contribution is 0.422. The monoisotopic (exact) mass is 124 g/mol. The summed E-state index contributed by atoms with van der Waals surface area (Å²) in [6.45, 7) is 0. The van der Waals surface area contributed by atoms with E-state index in [2.05, 4.69) is 0 Å². The topological polar surface area (TPSA) is 40.5 Å². The molecule has 5 heteroatoms. The van der Waals surface area contributed by atoms with Crippen molar-refractivity contribution in [2.75, 3.05) is 0 Å². The zero-order chi connectivity index (χ0) is 4.50. The first-order valence-corrected chi connectivity index (χ1v) is 10.3. The predicted molar refractivity (Wildman–Crippen MR) is 30.1 cm³/mol. The fourth-order valence-electron chi connectivity index (χ4n) is 0. The molecule has 0 aromatic heterocycles. The van der Waals surface area contributed by atoms with E-state index < -0.39 is 7.60 Å². The van der Waals surface area contributed by atoms with E-state index in [1.54, 1.807) is 0 Å². The molecule has 0 saturated heterocycles. The molecule has 0 spiro atoms. The normalized spacial score (nSPS) is 13.2. The van der Waals surface area contributed by atoms with E-state index >= 15 is 0 Å². The molecule has 32 valence electrons. The number of hydrogen-bond acceptors (Lipinski definition) is 2. The van der Waals surface area contributed by atoms with Gasteiger partial charge in [-0.1, -0.05) is 0 Å². The maximum atomic E-state index is 8.34. The van der Waals surface area contributed by atoms with Crippen LogP contribution in [0.15, 0.2) is 0 Å². The summed E-state index contributed by atoms with van der Waals surface area (Å²) in [7, 11) is -1.09. The zero-order valence-corrected chi connectivity index (χ0v) is 8.39. The Bertz CT molecular complexity index is 20.4. The standard InChI is InChI=1S/H8O2Si3/c1-5(2,3)4/h1-2H,3-4H3. The Balaban J connectivity index is 3.02. The summed E-state index contributed by atoms with van der Waals surface area (Å²) in [4.78, 5) is 16.7. The lowest BCUT2D eigenvalue weighted by Gasteiger charge is -1.98. The van der Waals surface area contributed by atoms with Gasteiger partial charge in [-0.3, -0.25) is 0 Å². The molecule has 0 aromatic rings. The second-order valence-electron chi connectivity index (χ2n) is 1.49. The molecule has 0 bridgehead atoms. The Hall–Kier alpha value is 0.571. The van der Waals surface area contributed by atoms with Gasteiger partial charge in [0.1, 0.15) is 0 Å². The van der Waals surface area contributed by atoms with Crippen LogP contribution in [-0.2, 0) is 0 Å². The van der Waals surface area contributed by atoms with Crippen LogP contribution in [0.2, 0.25) is 0 Å². The van der Waals surface area contributed by atoms with Crippen LogP contribution in [-0.4, -0.2) is 36.7 Å². The summed E-state index contributed by atoms with van der Waals surface area (Å²) in [5.41, 5.74) is 0. The van der Waals surface area contributed by atoms with Crippen molar-refractivity contribution in [1.29, 1.82) is 0 Å². The van der Waals surface area contributed by atoms with Gasteiger partial charge in [0.05, 0.1) is 19.5 Å². The van der Waals surface area contributed by atoms with E-state index in [0.717, 1.165) is 0 Å². The smallest absolute Gasteiger partial charge is 0.268 e. The van der Waals surface area contributed by atoms with Gasteiger partial charge in [-0.05, 0) is 0 Å². The minimum Gasteiger partial charge on any atom is -0.417 e. The summed E-state index contributed by atoms with van der Waals surface area (Å²) in [5, 5.41) is 0. The molecule has 0 atom stereocenters. The van der Waals surface area contributed by atoms with Crippen LogP contribution in [0.1, 0.15) is 0 Å². The van der Waals surface area contributed by atoms with Crippen LogP contribution in [0.5, 0.6) is 0 Å². The molecule has 0 aliphatic carbocycles. The third-order valence-corrected chi connectivity index (χ3v) is 0. The zero-order valence-electron chi connectivity index (χ0n) is 3.39. The van der Waals surface area contributed by atoms with Gasteiger partial charge >= 0.3 is 0 Å².